The van der Waals surface area contributed by atoms with Crippen molar-refractivity contribution in [3.8, 4) is 5.75 Å². The van der Waals surface area contributed by atoms with E-state index in [1.54, 1.807) is 6.26 Å². The van der Waals surface area contributed by atoms with Crippen LogP contribution in [0.25, 0.3) is 0 Å². The van der Waals surface area contributed by atoms with Gasteiger partial charge in [0.25, 0.3) is 0 Å². The highest BCUT2D eigenvalue weighted by molar-refractivity contribution is 5.96. The molecule has 0 bridgehead atoms. The van der Waals surface area contributed by atoms with Crippen molar-refractivity contribution in [3.63, 3.8) is 0 Å². The lowest BCUT2D eigenvalue weighted by molar-refractivity contribution is -0.121. The lowest BCUT2D eigenvalue weighted by Crippen LogP contribution is -2.34. The SMILES string of the molecule is CCOc1ccccc1NC(=O)C(c1ccccc1)N(C)Cc1ccco1. The first-order valence-corrected chi connectivity index (χ1v) is 8.99. The Hall–Kier alpha value is -3.05. The third-order valence-corrected chi connectivity index (χ3v) is 4.23. The van der Waals surface area contributed by atoms with Crippen molar-refractivity contribution in [3.05, 3.63) is 84.3 Å². The summed E-state index contributed by atoms with van der Waals surface area (Å²) >= 11 is 0. The molecule has 1 heterocycles. The van der Waals surface area contributed by atoms with Crippen molar-refractivity contribution in [1.82, 2.24) is 4.90 Å². The van der Waals surface area contributed by atoms with Crippen LogP contribution in [-0.2, 0) is 11.3 Å². The first-order valence-electron chi connectivity index (χ1n) is 8.99. The van der Waals surface area contributed by atoms with Gasteiger partial charge in [-0.2, -0.15) is 0 Å². The van der Waals surface area contributed by atoms with Crippen molar-refractivity contribution < 1.29 is 13.9 Å². The molecule has 0 aliphatic heterocycles. The molecule has 1 aromatic heterocycles. The van der Waals surface area contributed by atoms with Gasteiger partial charge in [-0.3, -0.25) is 9.69 Å². The molecule has 5 nitrogen and oxygen atoms in total. The highest BCUT2D eigenvalue weighted by atomic mass is 16.5. The fourth-order valence-corrected chi connectivity index (χ4v) is 3.03. The lowest BCUT2D eigenvalue weighted by atomic mass is 10.0. The Kier molecular flexibility index (Phi) is 6.28. The minimum absolute atomic E-state index is 0.123. The zero-order valence-electron chi connectivity index (χ0n) is 15.6. The van der Waals surface area contributed by atoms with Gasteiger partial charge in [-0.25, -0.2) is 0 Å². The third-order valence-electron chi connectivity index (χ3n) is 4.23. The van der Waals surface area contributed by atoms with Crippen LogP contribution in [0.4, 0.5) is 5.69 Å². The van der Waals surface area contributed by atoms with Gasteiger partial charge in [-0.05, 0) is 43.8 Å². The van der Waals surface area contributed by atoms with Crippen molar-refractivity contribution in [2.45, 2.75) is 19.5 Å². The van der Waals surface area contributed by atoms with E-state index in [0.717, 1.165) is 11.3 Å². The van der Waals surface area contributed by atoms with Crippen molar-refractivity contribution >= 4 is 11.6 Å². The number of likely N-dealkylation sites (N-methyl/N-ethyl adjacent to an activating group) is 1. The number of ether oxygens (including phenoxy) is 1. The molecule has 0 saturated carbocycles. The van der Waals surface area contributed by atoms with Crippen molar-refractivity contribution in [2.75, 3.05) is 19.0 Å². The minimum Gasteiger partial charge on any atom is -0.492 e. The van der Waals surface area contributed by atoms with E-state index in [9.17, 15) is 4.79 Å². The number of furan rings is 1. The second kappa shape index (κ2) is 9.05. The van der Waals surface area contributed by atoms with E-state index in [1.807, 2.05) is 85.6 Å². The number of anilines is 1. The molecule has 0 spiro atoms. The molecule has 2 aromatic carbocycles. The fraction of sp³-hybridized carbons (Fsp3) is 0.227. The monoisotopic (exact) mass is 364 g/mol. The van der Waals surface area contributed by atoms with Crippen molar-refractivity contribution in [1.29, 1.82) is 0 Å². The maximum atomic E-state index is 13.2. The van der Waals surface area contributed by atoms with Crippen LogP contribution in [0.15, 0.2) is 77.4 Å². The van der Waals surface area contributed by atoms with Crippen LogP contribution >= 0.6 is 0 Å². The number of para-hydroxylation sites is 2. The Morgan fingerprint density at radius 2 is 1.81 bits per heavy atom. The van der Waals surface area contributed by atoms with Crippen LogP contribution < -0.4 is 10.1 Å². The van der Waals surface area contributed by atoms with Crippen LogP contribution in [-0.4, -0.2) is 24.5 Å². The Morgan fingerprint density at radius 3 is 2.52 bits per heavy atom. The number of carbonyl (C=O) groups is 1. The maximum absolute atomic E-state index is 13.2. The van der Waals surface area contributed by atoms with Crippen LogP contribution in [0.1, 0.15) is 24.3 Å². The standard InChI is InChI=1S/C22H24N2O3/c1-3-26-20-14-8-7-13-19(20)23-22(25)21(17-10-5-4-6-11-17)24(2)16-18-12-9-15-27-18/h4-15,21H,3,16H2,1-2H3,(H,23,25). The molecule has 5 heteroatoms. The predicted octanol–water partition coefficient (Wildman–Crippen LogP) is 4.49. The quantitative estimate of drug-likeness (QED) is 0.640. The molecule has 0 aliphatic carbocycles. The number of rotatable bonds is 8. The number of hydrogen-bond acceptors (Lipinski definition) is 4. The maximum Gasteiger partial charge on any atom is 0.246 e. The Labute approximate surface area is 159 Å². The van der Waals surface area contributed by atoms with Crippen molar-refractivity contribution in [2.24, 2.45) is 0 Å². The first-order chi connectivity index (χ1) is 13.2. The number of carbonyl (C=O) groups excluding carboxylic acids is 1. The topological polar surface area (TPSA) is 54.7 Å². The molecule has 1 atom stereocenters. The van der Waals surface area contributed by atoms with Gasteiger partial charge in [-0.1, -0.05) is 42.5 Å². The summed E-state index contributed by atoms with van der Waals surface area (Å²) in [5.41, 5.74) is 1.58. The zero-order chi connectivity index (χ0) is 19.1. The molecule has 1 unspecified atom stereocenters. The lowest BCUT2D eigenvalue weighted by Gasteiger charge is -2.27. The third kappa shape index (κ3) is 4.77. The molecule has 0 fully saturated rings. The summed E-state index contributed by atoms with van der Waals surface area (Å²) < 4.78 is 11.1. The molecule has 1 N–H and O–H groups in total. The molecule has 3 rings (SSSR count). The predicted molar refractivity (Wildman–Crippen MR) is 106 cm³/mol. The zero-order valence-corrected chi connectivity index (χ0v) is 15.6. The summed E-state index contributed by atoms with van der Waals surface area (Å²) in [7, 11) is 1.91. The van der Waals surface area contributed by atoms with E-state index >= 15 is 0 Å². The summed E-state index contributed by atoms with van der Waals surface area (Å²) in [4.78, 5) is 15.2. The molecule has 0 aliphatic rings. The van der Waals surface area contributed by atoms with E-state index in [4.69, 9.17) is 9.15 Å². The number of benzene rings is 2. The van der Waals surface area contributed by atoms with Crippen LogP contribution in [0.3, 0.4) is 0 Å². The Morgan fingerprint density at radius 1 is 1.07 bits per heavy atom. The summed E-state index contributed by atoms with van der Waals surface area (Å²) in [6.07, 6.45) is 1.64. The number of nitrogens with one attached hydrogen (secondary N) is 1. The average molecular weight is 364 g/mol. The van der Waals surface area contributed by atoms with Gasteiger partial charge >= 0.3 is 0 Å². The number of hydrogen-bond donors (Lipinski definition) is 1. The van der Waals surface area contributed by atoms with Gasteiger partial charge in [0.1, 0.15) is 17.6 Å². The summed E-state index contributed by atoms with van der Waals surface area (Å²) in [5, 5.41) is 3.02. The molecule has 1 amide bonds. The summed E-state index contributed by atoms with van der Waals surface area (Å²) in [6.45, 7) is 2.98. The van der Waals surface area contributed by atoms with Gasteiger partial charge in [0.15, 0.2) is 0 Å². The molecule has 0 radical (unpaired) electrons. The van der Waals surface area contributed by atoms with Crippen LogP contribution in [0.5, 0.6) is 5.75 Å². The number of amides is 1. The van der Waals surface area contributed by atoms with Crippen LogP contribution in [0.2, 0.25) is 0 Å². The molecule has 3 aromatic rings. The van der Waals surface area contributed by atoms with Gasteiger partial charge < -0.3 is 14.5 Å². The highest BCUT2D eigenvalue weighted by Gasteiger charge is 2.26. The fourth-order valence-electron chi connectivity index (χ4n) is 3.03. The molecule has 27 heavy (non-hydrogen) atoms. The van der Waals surface area contributed by atoms with Gasteiger partial charge in [0.2, 0.25) is 5.91 Å². The van der Waals surface area contributed by atoms with E-state index in [1.165, 1.54) is 0 Å². The summed E-state index contributed by atoms with van der Waals surface area (Å²) in [5.74, 6) is 1.34. The smallest absolute Gasteiger partial charge is 0.246 e. The second-order valence-electron chi connectivity index (χ2n) is 6.23. The average Bonchev–Trinajstić information content (AvgIpc) is 3.17. The Balaban J connectivity index is 1.85. The van der Waals surface area contributed by atoms with Gasteiger partial charge in [0.05, 0.1) is 25.1 Å². The van der Waals surface area contributed by atoms with Crippen LogP contribution in [0, 0.1) is 0 Å². The molecule has 0 saturated heterocycles. The van der Waals surface area contributed by atoms with E-state index < -0.39 is 6.04 Å². The minimum atomic E-state index is -0.467. The number of nitrogens with zero attached hydrogens (tertiary/aromatic N) is 1. The van der Waals surface area contributed by atoms with E-state index in [-0.39, 0.29) is 5.91 Å². The summed E-state index contributed by atoms with van der Waals surface area (Å²) in [6, 6.07) is 20.5. The highest BCUT2D eigenvalue weighted by Crippen LogP contribution is 2.28. The molecular weight excluding hydrogens is 340 g/mol. The normalized spacial score (nSPS) is 12.0. The van der Waals surface area contributed by atoms with Gasteiger partial charge in [-0.15, -0.1) is 0 Å². The van der Waals surface area contributed by atoms with Gasteiger partial charge in [0, 0.05) is 0 Å². The van der Waals surface area contributed by atoms with E-state index in [0.29, 0.717) is 24.6 Å². The molecule has 140 valence electrons. The molecular formula is C22H24N2O3. The second-order valence-corrected chi connectivity index (χ2v) is 6.23. The van der Waals surface area contributed by atoms with E-state index in [2.05, 4.69) is 5.32 Å². The largest absolute Gasteiger partial charge is 0.492 e. The Bertz CT molecular complexity index is 847. The first kappa shape index (κ1) is 18.7.